The van der Waals surface area contributed by atoms with Crippen molar-refractivity contribution in [3.63, 3.8) is 0 Å². The molecule has 0 unspecified atom stereocenters. The number of hydrogen-bond acceptors (Lipinski definition) is 5. The van der Waals surface area contributed by atoms with Gasteiger partial charge in [-0.25, -0.2) is 8.42 Å². The number of amides is 2. The number of nitrogens with zero attached hydrogens (tertiary/aromatic N) is 2. The van der Waals surface area contributed by atoms with E-state index in [1.54, 1.807) is 31.2 Å². The normalized spacial score (nSPS) is 11.9. The second-order valence-corrected chi connectivity index (χ2v) is 12.0. The van der Waals surface area contributed by atoms with E-state index in [9.17, 15) is 22.8 Å². The summed E-state index contributed by atoms with van der Waals surface area (Å²) >= 11 is 12.5. The van der Waals surface area contributed by atoms with E-state index >= 15 is 0 Å². The Morgan fingerprint density at radius 1 is 0.950 bits per heavy atom. The number of Topliss-reactive ketones (excluding diaryl/α,β-unsaturated/α-hetero) is 1. The minimum Gasteiger partial charge on any atom is -0.355 e. The van der Waals surface area contributed by atoms with Gasteiger partial charge in [0.15, 0.2) is 5.78 Å². The zero-order valence-electron chi connectivity index (χ0n) is 22.4. The molecule has 212 valence electrons. The molecule has 0 fully saturated rings. The molecule has 0 radical (unpaired) electrons. The number of halogens is 2. The predicted octanol–water partition coefficient (Wildman–Crippen LogP) is 4.74. The average molecular weight is 605 g/mol. The van der Waals surface area contributed by atoms with Crippen molar-refractivity contribution >= 4 is 56.5 Å². The fourth-order valence-corrected chi connectivity index (χ4v) is 5.48. The van der Waals surface area contributed by atoms with Crippen LogP contribution in [-0.4, -0.2) is 56.3 Å². The van der Waals surface area contributed by atoms with Gasteiger partial charge in [0.25, 0.3) is 0 Å². The van der Waals surface area contributed by atoms with E-state index in [1.165, 1.54) is 30.0 Å². The first-order valence-corrected chi connectivity index (χ1v) is 15.1. The monoisotopic (exact) mass is 603 g/mol. The second kappa shape index (κ2) is 13.8. The van der Waals surface area contributed by atoms with Gasteiger partial charge in [0.1, 0.15) is 12.6 Å². The maximum atomic E-state index is 14.0. The number of likely N-dealkylation sites (N-methyl/N-ethyl adjacent to an activating group) is 1. The van der Waals surface area contributed by atoms with E-state index in [1.807, 2.05) is 30.3 Å². The van der Waals surface area contributed by atoms with E-state index in [-0.39, 0.29) is 24.4 Å². The van der Waals surface area contributed by atoms with E-state index in [0.717, 1.165) is 16.1 Å². The van der Waals surface area contributed by atoms with Crippen molar-refractivity contribution in [1.29, 1.82) is 0 Å². The van der Waals surface area contributed by atoms with Crippen LogP contribution in [0, 0.1) is 0 Å². The Kier molecular flexibility index (Phi) is 10.7. The summed E-state index contributed by atoms with van der Waals surface area (Å²) in [5.41, 5.74) is 1.80. The van der Waals surface area contributed by atoms with Gasteiger partial charge in [0.05, 0.1) is 11.9 Å². The van der Waals surface area contributed by atoms with Crippen molar-refractivity contribution < 1.29 is 22.8 Å². The molecule has 40 heavy (non-hydrogen) atoms. The number of carbonyl (C=O) groups excluding carboxylic acids is 3. The topological polar surface area (TPSA) is 104 Å². The van der Waals surface area contributed by atoms with E-state index in [4.69, 9.17) is 23.2 Å². The number of carbonyl (C=O) groups is 3. The Labute approximate surface area is 244 Å². The average Bonchev–Trinajstić information content (AvgIpc) is 2.90. The van der Waals surface area contributed by atoms with Gasteiger partial charge in [0.2, 0.25) is 21.8 Å². The SMILES string of the molecule is CCNC(=O)[C@@H](Cc1ccccc1)N(Cc1ccc(Cl)cc1Cl)C(=O)CN(c1cccc(C(C)=O)c1)S(C)(=O)=O. The highest BCUT2D eigenvalue weighted by Gasteiger charge is 2.33. The first kappa shape index (κ1) is 31.1. The van der Waals surface area contributed by atoms with Crippen LogP contribution < -0.4 is 9.62 Å². The van der Waals surface area contributed by atoms with Crippen molar-refractivity contribution in [2.45, 2.75) is 32.9 Å². The van der Waals surface area contributed by atoms with Crippen molar-refractivity contribution in [3.8, 4) is 0 Å². The molecule has 8 nitrogen and oxygen atoms in total. The van der Waals surface area contributed by atoms with E-state index in [2.05, 4.69) is 5.32 Å². The molecule has 3 aromatic carbocycles. The van der Waals surface area contributed by atoms with Gasteiger partial charge in [-0.2, -0.15) is 0 Å². The molecule has 0 aliphatic rings. The van der Waals surface area contributed by atoms with E-state index in [0.29, 0.717) is 27.7 Å². The van der Waals surface area contributed by atoms with Crippen LogP contribution >= 0.6 is 23.2 Å². The Bertz CT molecular complexity index is 1480. The summed E-state index contributed by atoms with van der Waals surface area (Å²) < 4.78 is 26.7. The maximum absolute atomic E-state index is 14.0. The lowest BCUT2D eigenvalue weighted by Crippen LogP contribution is -2.53. The Morgan fingerprint density at radius 2 is 1.65 bits per heavy atom. The van der Waals surface area contributed by atoms with Crippen LogP contribution in [0.2, 0.25) is 10.0 Å². The highest BCUT2D eigenvalue weighted by atomic mass is 35.5. The van der Waals surface area contributed by atoms with Crippen molar-refractivity contribution in [1.82, 2.24) is 10.2 Å². The summed E-state index contributed by atoms with van der Waals surface area (Å²) in [4.78, 5) is 40.7. The zero-order valence-corrected chi connectivity index (χ0v) is 24.8. The fraction of sp³-hybridized carbons (Fsp3) is 0.276. The summed E-state index contributed by atoms with van der Waals surface area (Å²) in [7, 11) is -3.96. The van der Waals surface area contributed by atoms with Gasteiger partial charge in [0, 0.05) is 35.1 Å². The number of anilines is 1. The van der Waals surface area contributed by atoms with Crippen LogP contribution in [0.25, 0.3) is 0 Å². The third-order valence-electron chi connectivity index (χ3n) is 6.20. The van der Waals surface area contributed by atoms with Crippen LogP contribution in [0.3, 0.4) is 0 Å². The molecule has 0 saturated heterocycles. The number of sulfonamides is 1. The van der Waals surface area contributed by atoms with Crippen molar-refractivity contribution in [2.75, 3.05) is 23.7 Å². The lowest BCUT2D eigenvalue weighted by molar-refractivity contribution is -0.140. The largest absolute Gasteiger partial charge is 0.355 e. The summed E-state index contributed by atoms with van der Waals surface area (Å²) in [6.07, 6.45) is 1.16. The molecular formula is C29H31Cl2N3O5S. The molecule has 3 aromatic rings. The molecular weight excluding hydrogens is 573 g/mol. The van der Waals surface area contributed by atoms with Gasteiger partial charge < -0.3 is 10.2 Å². The summed E-state index contributed by atoms with van der Waals surface area (Å²) in [5, 5.41) is 3.50. The lowest BCUT2D eigenvalue weighted by Gasteiger charge is -2.33. The maximum Gasteiger partial charge on any atom is 0.244 e. The Hall–Kier alpha value is -3.40. The lowest BCUT2D eigenvalue weighted by atomic mass is 10.0. The first-order chi connectivity index (χ1) is 18.9. The summed E-state index contributed by atoms with van der Waals surface area (Å²) in [5.74, 6) is -1.27. The minimum absolute atomic E-state index is 0.0748. The molecule has 1 atom stereocenters. The van der Waals surface area contributed by atoms with Gasteiger partial charge in [-0.15, -0.1) is 0 Å². The van der Waals surface area contributed by atoms with Crippen LogP contribution in [0.15, 0.2) is 72.8 Å². The quantitative estimate of drug-likeness (QED) is 0.301. The van der Waals surface area contributed by atoms with Gasteiger partial charge in [-0.1, -0.05) is 71.7 Å². The second-order valence-electron chi connectivity index (χ2n) is 9.23. The van der Waals surface area contributed by atoms with Crippen molar-refractivity contribution in [2.24, 2.45) is 0 Å². The molecule has 0 aliphatic heterocycles. The number of nitrogens with one attached hydrogen (secondary N) is 1. The van der Waals surface area contributed by atoms with Gasteiger partial charge >= 0.3 is 0 Å². The molecule has 1 N–H and O–H groups in total. The van der Waals surface area contributed by atoms with Crippen LogP contribution in [0.1, 0.15) is 35.3 Å². The highest BCUT2D eigenvalue weighted by Crippen LogP contribution is 2.25. The van der Waals surface area contributed by atoms with Crippen LogP contribution in [0.5, 0.6) is 0 Å². The third kappa shape index (κ3) is 8.30. The van der Waals surface area contributed by atoms with E-state index < -0.39 is 34.4 Å². The molecule has 0 aromatic heterocycles. The number of ketones is 1. The molecule has 0 spiro atoms. The molecule has 3 rings (SSSR count). The molecule has 0 bridgehead atoms. The minimum atomic E-state index is -3.96. The molecule has 0 heterocycles. The molecule has 0 aliphatic carbocycles. The van der Waals surface area contributed by atoms with Gasteiger partial charge in [-0.05, 0) is 49.2 Å². The molecule has 11 heteroatoms. The fourth-order valence-electron chi connectivity index (χ4n) is 4.17. The summed E-state index contributed by atoms with van der Waals surface area (Å²) in [6, 6.07) is 19.1. The number of hydrogen-bond donors (Lipinski definition) is 1. The number of rotatable bonds is 12. The zero-order chi connectivity index (χ0) is 29.4. The van der Waals surface area contributed by atoms with Crippen LogP contribution in [-0.2, 0) is 32.6 Å². The third-order valence-corrected chi connectivity index (χ3v) is 7.93. The van der Waals surface area contributed by atoms with Gasteiger partial charge in [-0.3, -0.25) is 18.7 Å². The predicted molar refractivity (Wildman–Crippen MR) is 158 cm³/mol. The first-order valence-electron chi connectivity index (χ1n) is 12.5. The Balaban J connectivity index is 2.08. The molecule has 2 amide bonds. The Morgan fingerprint density at radius 3 is 2.25 bits per heavy atom. The summed E-state index contributed by atoms with van der Waals surface area (Å²) in [6.45, 7) is 2.80. The van der Waals surface area contributed by atoms with Crippen LogP contribution in [0.4, 0.5) is 5.69 Å². The standard InChI is InChI=1S/C29H31Cl2N3O5S/c1-4-32-29(37)27(15-21-9-6-5-7-10-21)33(18-23-13-14-24(30)17-26(23)31)28(36)19-34(40(3,38)39)25-12-8-11-22(16-25)20(2)35/h5-14,16-17,27H,4,15,18-19H2,1-3H3,(H,32,37)/t27-/m1/s1. The van der Waals surface area contributed by atoms with Crippen molar-refractivity contribution in [3.05, 3.63) is 99.5 Å². The molecule has 0 saturated carbocycles. The smallest absolute Gasteiger partial charge is 0.244 e. The number of benzene rings is 3. The highest BCUT2D eigenvalue weighted by molar-refractivity contribution is 7.92.